The lowest BCUT2D eigenvalue weighted by molar-refractivity contribution is -0.120. The van der Waals surface area contributed by atoms with Crippen LogP contribution in [0.2, 0.25) is 0 Å². The maximum atomic E-state index is 10.7. The van der Waals surface area contributed by atoms with Crippen molar-refractivity contribution >= 4 is 34.8 Å². The summed E-state index contributed by atoms with van der Waals surface area (Å²) in [5.41, 5.74) is 6.18. The zero-order valence-electron chi connectivity index (χ0n) is 13.3. The van der Waals surface area contributed by atoms with Crippen LogP contribution in [0.5, 0.6) is 0 Å². The van der Waals surface area contributed by atoms with Crippen molar-refractivity contribution in [2.45, 2.75) is 31.1 Å². The molecule has 23 heavy (non-hydrogen) atoms. The molecule has 5 heteroatoms. The Balaban J connectivity index is 0.000000177. The second-order valence-corrected chi connectivity index (χ2v) is 6.20. The summed E-state index contributed by atoms with van der Waals surface area (Å²) < 4.78 is 0. The summed E-state index contributed by atoms with van der Waals surface area (Å²) in [6, 6.07) is 18.1. The van der Waals surface area contributed by atoms with Crippen LogP contribution in [0, 0.1) is 10.4 Å². The van der Waals surface area contributed by atoms with Gasteiger partial charge < -0.3 is 11.1 Å². The maximum Gasteiger partial charge on any atom is 0.253 e. The zero-order chi connectivity index (χ0) is 17.2. The Labute approximate surface area is 147 Å². The van der Waals surface area contributed by atoms with E-state index < -0.39 is 4.84 Å². The minimum Gasteiger partial charge on any atom is -0.399 e. The second kappa shape index (κ2) is 10.1. The molecule has 3 nitrogen and oxygen atoms in total. The Morgan fingerprint density at radius 2 is 1.52 bits per heavy atom. The van der Waals surface area contributed by atoms with Crippen molar-refractivity contribution in [3.8, 4) is 0 Å². The van der Waals surface area contributed by atoms with Gasteiger partial charge in [0.15, 0.2) is 4.84 Å². The van der Waals surface area contributed by atoms with Gasteiger partial charge in [-0.15, -0.1) is 0 Å². The van der Waals surface area contributed by atoms with E-state index in [0.717, 1.165) is 12.1 Å². The van der Waals surface area contributed by atoms with Gasteiger partial charge in [0.25, 0.3) is 5.91 Å². The number of rotatable bonds is 3. The van der Waals surface area contributed by atoms with Crippen LogP contribution >= 0.6 is 23.2 Å². The fourth-order valence-corrected chi connectivity index (χ4v) is 1.65. The smallest absolute Gasteiger partial charge is 0.253 e. The summed E-state index contributed by atoms with van der Waals surface area (Å²) in [6.45, 7) is 3.87. The summed E-state index contributed by atoms with van der Waals surface area (Å²) in [4.78, 5) is 9.79. The van der Waals surface area contributed by atoms with Crippen LogP contribution < -0.4 is 11.1 Å². The van der Waals surface area contributed by atoms with Gasteiger partial charge in [-0.2, -0.15) is 0 Å². The topological polar surface area (TPSA) is 55.1 Å². The number of nitrogen functional groups attached to an aromatic ring is 1. The molecule has 1 aromatic carbocycles. The number of anilines is 1. The van der Waals surface area contributed by atoms with Crippen molar-refractivity contribution < 1.29 is 4.79 Å². The van der Waals surface area contributed by atoms with Gasteiger partial charge in [0.1, 0.15) is 0 Å². The standard InChI is InChI=1S/C6H11Cl2NO.C6H7N.C6H4/c1-3-4(2)9-6(10)5(7)8;7-6-4-2-1-3-5-6;1-2-6-4-3-5(1)6/h4-5H,3H2,1-2H3,(H,9,10);1-5H,7H2;1-4H. The van der Waals surface area contributed by atoms with E-state index in [1.54, 1.807) is 0 Å². The monoisotopic (exact) mass is 352 g/mol. The molecule has 124 valence electrons. The molecular formula is C18H22Cl2N2O. The van der Waals surface area contributed by atoms with E-state index in [1.807, 2.05) is 44.2 Å². The fourth-order valence-electron chi connectivity index (χ4n) is 1.52. The normalized spacial score (nSPS) is 11.3. The summed E-state index contributed by atoms with van der Waals surface area (Å²) in [5, 5.41) is 5.48. The number of benzene rings is 2. The van der Waals surface area contributed by atoms with Gasteiger partial charge in [-0.25, -0.2) is 0 Å². The largest absolute Gasteiger partial charge is 0.399 e. The number of carbonyl (C=O) groups excluding carboxylic acids is 1. The minimum atomic E-state index is -0.950. The first-order valence-electron chi connectivity index (χ1n) is 7.43. The number of halogens is 2. The lowest BCUT2D eigenvalue weighted by atomic mass is 10.1. The minimum absolute atomic E-state index is 0.146. The average molecular weight is 353 g/mol. The van der Waals surface area contributed by atoms with E-state index >= 15 is 0 Å². The third-order valence-electron chi connectivity index (χ3n) is 3.22. The van der Waals surface area contributed by atoms with Gasteiger partial charge in [-0.3, -0.25) is 4.79 Å². The van der Waals surface area contributed by atoms with Crippen LogP contribution in [0.4, 0.5) is 5.69 Å². The Morgan fingerprint density at radius 3 is 1.74 bits per heavy atom. The van der Waals surface area contributed by atoms with E-state index in [1.165, 1.54) is 10.4 Å². The van der Waals surface area contributed by atoms with Crippen LogP contribution in [0.15, 0.2) is 54.6 Å². The van der Waals surface area contributed by atoms with Crippen molar-refractivity contribution in [2.75, 3.05) is 5.73 Å². The van der Waals surface area contributed by atoms with Gasteiger partial charge in [-0.05, 0) is 35.9 Å². The Bertz CT molecular complexity index is 639. The van der Waals surface area contributed by atoms with Crippen LogP contribution in [0.1, 0.15) is 20.3 Å². The number of para-hydroxylation sites is 1. The second-order valence-electron chi connectivity index (χ2n) is 5.11. The van der Waals surface area contributed by atoms with Gasteiger partial charge in [0.05, 0.1) is 0 Å². The number of hydrogen-bond acceptors (Lipinski definition) is 2. The Hall–Kier alpha value is -1.71. The molecule has 1 atom stereocenters. The molecule has 1 unspecified atom stereocenters. The summed E-state index contributed by atoms with van der Waals surface area (Å²) in [5.74, 6) is -0.322. The third-order valence-corrected chi connectivity index (χ3v) is 3.61. The molecule has 0 radical (unpaired) electrons. The highest BCUT2D eigenvalue weighted by Crippen LogP contribution is 2.04. The number of alkyl halides is 2. The van der Waals surface area contributed by atoms with E-state index in [0.29, 0.717) is 0 Å². The van der Waals surface area contributed by atoms with Crippen molar-refractivity contribution in [3.05, 3.63) is 65.0 Å². The molecule has 3 rings (SSSR count). The number of nitrogens with one attached hydrogen (secondary N) is 1. The first kappa shape index (κ1) is 19.3. The molecule has 0 fully saturated rings. The molecule has 0 aliphatic heterocycles. The van der Waals surface area contributed by atoms with E-state index in [4.69, 9.17) is 28.9 Å². The molecule has 0 saturated heterocycles. The van der Waals surface area contributed by atoms with Crippen molar-refractivity contribution in [2.24, 2.45) is 0 Å². The number of hydrogen-bond donors (Lipinski definition) is 2. The summed E-state index contributed by atoms with van der Waals surface area (Å²) >= 11 is 10.6. The molecule has 1 aromatic rings. The predicted octanol–water partition coefficient (Wildman–Crippen LogP) is 4.26. The number of carbonyl (C=O) groups is 1. The van der Waals surface area contributed by atoms with Gasteiger partial charge in [0.2, 0.25) is 0 Å². The van der Waals surface area contributed by atoms with Gasteiger partial charge in [0, 0.05) is 11.7 Å². The Morgan fingerprint density at radius 1 is 1.04 bits per heavy atom. The van der Waals surface area contributed by atoms with Crippen molar-refractivity contribution in [1.82, 2.24) is 5.32 Å². The van der Waals surface area contributed by atoms with Gasteiger partial charge in [-0.1, -0.05) is 72.6 Å². The SMILES string of the molecule is CCC(C)NC(=O)C(Cl)Cl.Nc1ccccc1.c1cc2ccc1=2. The van der Waals surface area contributed by atoms with E-state index in [2.05, 4.69) is 29.6 Å². The van der Waals surface area contributed by atoms with Gasteiger partial charge >= 0.3 is 0 Å². The number of amides is 1. The predicted molar refractivity (Wildman–Crippen MR) is 98.4 cm³/mol. The fraction of sp³-hybridized carbons (Fsp3) is 0.278. The number of nitrogens with two attached hydrogens (primary N) is 1. The molecular weight excluding hydrogens is 331 g/mol. The Kier molecular flexibility index (Phi) is 8.52. The third kappa shape index (κ3) is 7.40. The molecule has 0 aromatic heterocycles. The average Bonchev–Trinajstić information content (AvgIpc) is 2.52. The molecule has 0 spiro atoms. The quantitative estimate of drug-likeness (QED) is 0.546. The molecule has 0 bridgehead atoms. The zero-order valence-corrected chi connectivity index (χ0v) is 14.8. The highest BCUT2D eigenvalue weighted by molar-refractivity contribution is 6.53. The summed E-state index contributed by atoms with van der Waals surface area (Å²) in [7, 11) is 0. The van der Waals surface area contributed by atoms with Crippen LogP contribution in [-0.4, -0.2) is 16.8 Å². The molecule has 0 saturated carbocycles. The van der Waals surface area contributed by atoms with E-state index in [-0.39, 0.29) is 11.9 Å². The maximum absolute atomic E-state index is 10.7. The first-order valence-corrected chi connectivity index (χ1v) is 8.30. The van der Waals surface area contributed by atoms with Crippen molar-refractivity contribution in [3.63, 3.8) is 0 Å². The van der Waals surface area contributed by atoms with Crippen LogP contribution in [-0.2, 0) is 4.79 Å². The molecule has 2 aliphatic carbocycles. The summed E-state index contributed by atoms with van der Waals surface area (Å²) in [6.07, 6.45) is 0.881. The van der Waals surface area contributed by atoms with E-state index in [9.17, 15) is 4.79 Å². The van der Waals surface area contributed by atoms with Crippen LogP contribution in [0.3, 0.4) is 0 Å². The lowest BCUT2D eigenvalue weighted by Crippen LogP contribution is -2.35. The highest BCUT2D eigenvalue weighted by atomic mass is 35.5. The molecule has 0 heterocycles. The molecule has 2 aliphatic rings. The van der Waals surface area contributed by atoms with Crippen molar-refractivity contribution in [1.29, 1.82) is 0 Å². The van der Waals surface area contributed by atoms with Crippen LogP contribution in [0.25, 0.3) is 0 Å². The highest BCUT2D eigenvalue weighted by Gasteiger charge is 2.12. The molecule has 1 amide bonds. The first-order chi connectivity index (χ1) is 10.9. The lowest BCUT2D eigenvalue weighted by Gasteiger charge is -2.10. The molecule has 3 N–H and O–H groups in total.